The number of aliphatic hydroxyl groups excluding tert-OH is 1. The molecule has 0 aliphatic rings. The van der Waals surface area contributed by atoms with Crippen molar-refractivity contribution in [1.29, 1.82) is 0 Å². The molecule has 3 aromatic rings. The second-order valence-corrected chi connectivity index (χ2v) is 6.66. The van der Waals surface area contributed by atoms with Crippen molar-refractivity contribution in [2.45, 2.75) is 32.2 Å². The molecule has 3 N–H and O–H groups in total. The van der Waals surface area contributed by atoms with Crippen LogP contribution in [0, 0.1) is 6.92 Å². The van der Waals surface area contributed by atoms with E-state index in [1.54, 1.807) is 12.4 Å². The summed E-state index contributed by atoms with van der Waals surface area (Å²) in [6.45, 7) is 3.10. The fourth-order valence-electron chi connectivity index (χ4n) is 2.83. The van der Waals surface area contributed by atoms with Gasteiger partial charge in [-0.05, 0) is 30.5 Å². The third-order valence-corrected chi connectivity index (χ3v) is 4.60. The molecular weight excluding hydrogens is 360 g/mol. The van der Waals surface area contributed by atoms with E-state index in [2.05, 4.69) is 5.16 Å². The first-order valence-electron chi connectivity index (χ1n) is 8.78. The van der Waals surface area contributed by atoms with Gasteiger partial charge in [0.15, 0.2) is 5.60 Å². The van der Waals surface area contributed by atoms with E-state index in [0.29, 0.717) is 5.76 Å². The number of hydrogen-bond donors (Lipinski definition) is 3. The van der Waals surface area contributed by atoms with Crippen molar-refractivity contribution in [3.05, 3.63) is 77.7 Å². The normalized spacial score (nSPS) is 14.3. The van der Waals surface area contributed by atoms with E-state index in [-0.39, 0.29) is 12.3 Å². The molecule has 146 valence electrons. The van der Waals surface area contributed by atoms with Crippen LogP contribution in [0.4, 0.5) is 0 Å². The Balaban J connectivity index is 1.76. The molecule has 0 radical (unpaired) electrons. The van der Waals surface area contributed by atoms with Crippen molar-refractivity contribution in [3.8, 4) is 11.1 Å². The zero-order valence-electron chi connectivity index (χ0n) is 15.6. The molecular formula is C21H22N2O5. The molecule has 0 fully saturated rings. The second-order valence-electron chi connectivity index (χ2n) is 6.66. The number of nitrogens with zero attached hydrogens (tertiary/aromatic N) is 1. The van der Waals surface area contributed by atoms with Crippen LogP contribution in [0.5, 0.6) is 0 Å². The molecule has 0 saturated carbocycles. The van der Waals surface area contributed by atoms with Gasteiger partial charge in [-0.3, -0.25) is 10.0 Å². The molecule has 0 unspecified atom stereocenters. The summed E-state index contributed by atoms with van der Waals surface area (Å²) in [6.07, 6.45) is -1.43. The average Bonchev–Trinajstić information content (AvgIpc) is 3.18. The lowest BCUT2D eigenvalue weighted by molar-refractivity contribution is -0.174. The molecule has 7 nitrogen and oxygen atoms in total. The summed E-state index contributed by atoms with van der Waals surface area (Å²) in [7, 11) is 0. The van der Waals surface area contributed by atoms with Crippen molar-refractivity contribution in [3.63, 3.8) is 0 Å². The van der Waals surface area contributed by atoms with Crippen molar-refractivity contribution in [1.82, 2.24) is 10.6 Å². The first kappa shape index (κ1) is 19.8. The molecule has 0 aliphatic heterocycles. The van der Waals surface area contributed by atoms with Gasteiger partial charge in [0, 0.05) is 6.07 Å². The first-order chi connectivity index (χ1) is 13.4. The predicted octanol–water partition coefficient (Wildman–Crippen LogP) is 3.16. The molecule has 1 heterocycles. The van der Waals surface area contributed by atoms with Crippen LogP contribution >= 0.6 is 0 Å². The van der Waals surface area contributed by atoms with Crippen LogP contribution < -0.4 is 5.48 Å². The van der Waals surface area contributed by atoms with Crippen molar-refractivity contribution >= 4 is 5.91 Å². The highest BCUT2D eigenvalue weighted by Crippen LogP contribution is 2.30. The van der Waals surface area contributed by atoms with E-state index < -0.39 is 17.6 Å². The lowest BCUT2D eigenvalue weighted by Gasteiger charge is -2.31. The Bertz CT molecular complexity index is 923. The van der Waals surface area contributed by atoms with Crippen LogP contribution in [0.25, 0.3) is 11.1 Å². The highest BCUT2D eigenvalue weighted by Gasteiger charge is 2.44. The van der Waals surface area contributed by atoms with E-state index in [1.165, 1.54) is 13.0 Å². The Morgan fingerprint density at radius 1 is 1.18 bits per heavy atom. The lowest BCUT2D eigenvalue weighted by atomic mass is 9.95. The topological polar surface area (TPSA) is 105 Å². The van der Waals surface area contributed by atoms with Gasteiger partial charge in [0.1, 0.15) is 17.6 Å². The molecule has 1 amide bonds. The molecule has 0 saturated heterocycles. The Morgan fingerprint density at radius 3 is 2.39 bits per heavy atom. The number of carbonyl (C=O) groups is 1. The summed E-state index contributed by atoms with van der Waals surface area (Å²) in [4.78, 5) is 12.2. The number of hydrogen-bond acceptors (Lipinski definition) is 6. The molecule has 1 aromatic heterocycles. The van der Waals surface area contributed by atoms with Gasteiger partial charge in [0.05, 0.1) is 6.61 Å². The van der Waals surface area contributed by atoms with Gasteiger partial charge >= 0.3 is 0 Å². The van der Waals surface area contributed by atoms with Crippen LogP contribution in [0.1, 0.15) is 30.0 Å². The van der Waals surface area contributed by atoms with Crippen molar-refractivity contribution < 1.29 is 24.4 Å². The van der Waals surface area contributed by atoms with Gasteiger partial charge in [0.2, 0.25) is 0 Å². The summed E-state index contributed by atoms with van der Waals surface area (Å²) < 4.78 is 10.7. The van der Waals surface area contributed by atoms with Crippen LogP contribution in [0.2, 0.25) is 0 Å². The number of rotatable bonds is 7. The smallest absolute Gasteiger partial charge is 0.278 e. The Morgan fingerprint density at radius 2 is 1.82 bits per heavy atom. The largest absolute Gasteiger partial charge is 0.383 e. The van der Waals surface area contributed by atoms with Crippen LogP contribution in [0.3, 0.4) is 0 Å². The molecule has 28 heavy (non-hydrogen) atoms. The Kier molecular flexibility index (Phi) is 5.89. The summed E-state index contributed by atoms with van der Waals surface area (Å²) in [5.74, 6) is -0.404. The molecule has 0 spiro atoms. The molecule has 0 bridgehead atoms. The zero-order chi connectivity index (χ0) is 20.1. The second kappa shape index (κ2) is 8.35. The number of aliphatic hydroxyl groups is 1. The highest BCUT2D eigenvalue weighted by molar-refractivity contribution is 5.84. The number of nitrogens with one attached hydrogen (secondary N) is 1. The lowest BCUT2D eigenvalue weighted by Crippen LogP contribution is -2.50. The maximum absolute atomic E-state index is 12.2. The van der Waals surface area contributed by atoms with Gasteiger partial charge in [-0.1, -0.05) is 59.8 Å². The van der Waals surface area contributed by atoms with Gasteiger partial charge in [-0.15, -0.1) is 0 Å². The number of benzene rings is 2. The standard InChI is InChI=1S/C21H22N2O5/c1-14-12-18(23-28-14)19(24)21(2,20(25)22-26)27-13-15-8-10-17(11-9-15)16-6-4-3-5-7-16/h3-12,19,24,26H,13H2,1-2H3,(H,22,25)/t19-,21+/m1/s1. The highest BCUT2D eigenvalue weighted by atomic mass is 16.5. The van der Waals surface area contributed by atoms with Gasteiger partial charge in [-0.2, -0.15) is 0 Å². The summed E-state index contributed by atoms with van der Waals surface area (Å²) >= 11 is 0. The van der Waals surface area contributed by atoms with Crippen LogP contribution in [-0.4, -0.2) is 27.0 Å². The first-order valence-corrected chi connectivity index (χ1v) is 8.78. The van der Waals surface area contributed by atoms with Crippen LogP contribution in [0.15, 0.2) is 65.2 Å². The monoisotopic (exact) mass is 382 g/mol. The number of amides is 1. The Labute approximate surface area is 162 Å². The number of carbonyl (C=O) groups excluding carboxylic acids is 1. The van der Waals surface area contributed by atoms with E-state index in [4.69, 9.17) is 14.5 Å². The van der Waals surface area contributed by atoms with E-state index >= 15 is 0 Å². The average molecular weight is 382 g/mol. The van der Waals surface area contributed by atoms with Gasteiger partial charge in [-0.25, -0.2) is 5.48 Å². The molecule has 0 aliphatic carbocycles. The number of aryl methyl sites for hydroxylation is 1. The Hall–Kier alpha value is -3.00. The van der Waals surface area contributed by atoms with Crippen LogP contribution in [-0.2, 0) is 16.1 Å². The zero-order valence-corrected chi connectivity index (χ0v) is 15.6. The maximum Gasteiger partial charge on any atom is 0.278 e. The van der Waals surface area contributed by atoms with Gasteiger partial charge in [0.25, 0.3) is 5.91 Å². The van der Waals surface area contributed by atoms with E-state index in [0.717, 1.165) is 16.7 Å². The van der Waals surface area contributed by atoms with Crippen molar-refractivity contribution in [2.75, 3.05) is 0 Å². The SMILES string of the molecule is Cc1cc([C@@H](O)[C@](C)(OCc2ccc(-c3ccccc3)cc2)C(=O)NO)no1. The minimum absolute atomic E-state index is 0.0485. The summed E-state index contributed by atoms with van der Waals surface area (Å²) in [5, 5.41) is 23.4. The maximum atomic E-state index is 12.2. The van der Waals surface area contributed by atoms with Crippen molar-refractivity contribution in [2.24, 2.45) is 0 Å². The molecule has 2 aromatic carbocycles. The third-order valence-electron chi connectivity index (χ3n) is 4.60. The molecule has 3 rings (SSSR count). The number of hydroxylamine groups is 1. The minimum Gasteiger partial charge on any atom is -0.383 e. The van der Waals surface area contributed by atoms with E-state index in [9.17, 15) is 9.90 Å². The molecule has 7 heteroatoms. The summed E-state index contributed by atoms with van der Waals surface area (Å²) in [6, 6.07) is 19.1. The predicted molar refractivity (Wildman–Crippen MR) is 101 cm³/mol. The minimum atomic E-state index is -1.77. The summed E-state index contributed by atoms with van der Waals surface area (Å²) in [5.41, 5.74) is 2.88. The number of aromatic nitrogens is 1. The van der Waals surface area contributed by atoms with E-state index in [1.807, 2.05) is 54.6 Å². The molecule has 2 atom stereocenters. The number of ether oxygens (including phenoxy) is 1. The quantitative estimate of drug-likeness (QED) is 0.428. The fourth-order valence-corrected chi connectivity index (χ4v) is 2.83. The fraction of sp³-hybridized carbons (Fsp3) is 0.238. The third kappa shape index (κ3) is 4.12. The van der Waals surface area contributed by atoms with Gasteiger partial charge < -0.3 is 14.4 Å².